The molecule has 1 heterocycles. The molecular formula is C11H12LiNO3. The Kier molecular flexibility index (Phi) is 4.88. The van der Waals surface area contributed by atoms with Crippen molar-refractivity contribution in [2.45, 2.75) is 0 Å². The van der Waals surface area contributed by atoms with Crippen molar-refractivity contribution in [1.82, 2.24) is 4.90 Å². The van der Waals surface area contributed by atoms with Gasteiger partial charge in [0.2, 0.25) is 0 Å². The molecule has 1 aromatic rings. The monoisotopic (exact) mass is 213 g/mol. The Morgan fingerprint density at radius 2 is 1.88 bits per heavy atom. The molecule has 1 fully saturated rings. The summed E-state index contributed by atoms with van der Waals surface area (Å²) in [6.07, 6.45) is 0. The summed E-state index contributed by atoms with van der Waals surface area (Å²) in [5.74, 6) is -0.405. The third-order valence-electron chi connectivity index (χ3n) is 2.42. The Morgan fingerprint density at radius 1 is 1.25 bits per heavy atom. The van der Waals surface area contributed by atoms with Gasteiger partial charge >= 0.3 is 18.9 Å². The molecule has 4 nitrogen and oxygen atoms in total. The summed E-state index contributed by atoms with van der Waals surface area (Å²) in [7, 11) is 0. The van der Waals surface area contributed by atoms with E-state index in [0.29, 0.717) is 26.3 Å². The van der Waals surface area contributed by atoms with Crippen molar-refractivity contribution in [3.05, 3.63) is 29.8 Å². The van der Waals surface area contributed by atoms with Crippen LogP contribution in [0.4, 0.5) is 0 Å². The number of amides is 1. The van der Waals surface area contributed by atoms with Crippen LogP contribution in [0.2, 0.25) is 0 Å². The molecule has 1 aliphatic rings. The molecule has 2 rings (SSSR count). The average molecular weight is 213 g/mol. The first-order valence-electron chi connectivity index (χ1n) is 4.92. The number of rotatable bonds is 1. The molecule has 1 aliphatic heterocycles. The van der Waals surface area contributed by atoms with Gasteiger partial charge in [-0.15, -0.1) is 0 Å². The Hall–Kier alpha value is -0.953. The third-order valence-corrected chi connectivity index (χ3v) is 2.42. The summed E-state index contributed by atoms with van der Waals surface area (Å²) in [5.41, 5.74) is 0.249. The fraction of sp³-hybridized carbons (Fsp3) is 0.364. The first kappa shape index (κ1) is 13.1. The van der Waals surface area contributed by atoms with Crippen LogP contribution in [-0.2, 0) is 4.74 Å². The Morgan fingerprint density at radius 3 is 2.50 bits per heavy atom. The maximum Gasteiger partial charge on any atom is 1.00 e. The van der Waals surface area contributed by atoms with Gasteiger partial charge in [0.15, 0.2) is 0 Å². The molecule has 5 heteroatoms. The molecule has 0 unspecified atom stereocenters. The zero-order valence-corrected chi connectivity index (χ0v) is 9.31. The van der Waals surface area contributed by atoms with Gasteiger partial charge in [-0.3, -0.25) is 4.79 Å². The summed E-state index contributed by atoms with van der Waals surface area (Å²) in [6, 6.07) is 6.32. The smallest absolute Gasteiger partial charge is 0.872 e. The third kappa shape index (κ3) is 2.79. The molecule has 0 saturated carbocycles. The van der Waals surface area contributed by atoms with E-state index in [-0.39, 0.29) is 36.1 Å². The first-order chi connectivity index (χ1) is 7.29. The molecule has 0 aromatic heterocycles. The zero-order chi connectivity index (χ0) is 10.7. The fourth-order valence-corrected chi connectivity index (χ4v) is 1.58. The van der Waals surface area contributed by atoms with Crippen LogP contribution in [0.5, 0.6) is 5.75 Å². The van der Waals surface area contributed by atoms with Crippen molar-refractivity contribution in [1.29, 1.82) is 0 Å². The van der Waals surface area contributed by atoms with Crippen molar-refractivity contribution in [3.8, 4) is 5.75 Å². The minimum atomic E-state index is -0.214. The second-order valence-corrected chi connectivity index (χ2v) is 3.40. The van der Waals surface area contributed by atoms with Crippen LogP contribution in [0.25, 0.3) is 0 Å². The van der Waals surface area contributed by atoms with Crippen LogP contribution in [0.1, 0.15) is 10.4 Å². The van der Waals surface area contributed by atoms with E-state index in [1.807, 2.05) is 0 Å². The predicted octanol–water partition coefficient (Wildman–Crippen LogP) is -2.76. The van der Waals surface area contributed by atoms with E-state index in [9.17, 15) is 9.90 Å². The molecular weight excluding hydrogens is 201 g/mol. The average Bonchev–Trinajstić information content (AvgIpc) is 2.30. The topological polar surface area (TPSA) is 52.6 Å². The van der Waals surface area contributed by atoms with E-state index in [0.717, 1.165) is 0 Å². The maximum absolute atomic E-state index is 11.9. The van der Waals surface area contributed by atoms with Gasteiger partial charge in [0.1, 0.15) is 0 Å². The van der Waals surface area contributed by atoms with E-state index >= 15 is 0 Å². The van der Waals surface area contributed by atoms with Gasteiger partial charge in [-0.25, -0.2) is 0 Å². The summed E-state index contributed by atoms with van der Waals surface area (Å²) in [5, 5.41) is 11.4. The van der Waals surface area contributed by atoms with E-state index in [1.54, 1.807) is 23.1 Å². The van der Waals surface area contributed by atoms with E-state index in [4.69, 9.17) is 4.74 Å². The maximum atomic E-state index is 11.9. The van der Waals surface area contributed by atoms with Gasteiger partial charge in [-0.1, -0.05) is 30.0 Å². The Bertz CT molecular complexity index is 364. The van der Waals surface area contributed by atoms with E-state index < -0.39 is 0 Å². The van der Waals surface area contributed by atoms with Gasteiger partial charge in [0, 0.05) is 18.7 Å². The van der Waals surface area contributed by atoms with Gasteiger partial charge < -0.3 is 14.7 Å². The number of nitrogens with zero attached hydrogens (tertiary/aromatic N) is 1. The first-order valence-corrected chi connectivity index (χ1v) is 4.92. The van der Waals surface area contributed by atoms with Crippen LogP contribution in [0.3, 0.4) is 0 Å². The van der Waals surface area contributed by atoms with Gasteiger partial charge in [-0.05, 0) is 0 Å². The van der Waals surface area contributed by atoms with Gasteiger partial charge in [0.25, 0.3) is 5.91 Å². The summed E-state index contributed by atoms with van der Waals surface area (Å²) < 4.78 is 5.14. The van der Waals surface area contributed by atoms with Crippen molar-refractivity contribution < 1.29 is 33.5 Å². The quantitative estimate of drug-likeness (QED) is 0.475. The SMILES string of the molecule is O=C(c1ccccc1[O-])N1CCOCC1.[Li+]. The van der Waals surface area contributed by atoms with Crippen LogP contribution in [0, 0.1) is 0 Å². The van der Waals surface area contributed by atoms with Gasteiger partial charge in [-0.2, -0.15) is 0 Å². The largest absolute Gasteiger partial charge is 1.00 e. The number of carbonyl (C=O) groups is 1. The molecule has 80 valence electrons. The molecule has 0 aliphatic carbocycles. The zero-order valence-electron chi connectivity index (χ0n) is 9.31. The number of para-hydroxylation sites is 1. The Balaban J connectivity index is 0.00000128. The predicted molar refractivity (Wildman–Crippen MR) is 52.6 cm³/mol. The summed E-state index contributed by atoms with van der Waals surface area (Å²) in [4.78, 5) is 13.5. The van der Waals surface area contributed by atoms with Crippen LogP contribution in [-0.4, -0.2) is 37.1 Å². The normalized spacial score (nSPS) is 15.4. The number of hydrogen-bond acceptors (Lipinski definition) is 3. The Labute approximate surface area is 106 Å². The molecule has 1 saturated heterocycles. The summed E-state index contributed by atoms with van der Waals surface area (Å²) >= 11 is 0. The minimum Gasteiger partial charge on any atom is -0.872 e. The number of ether oxygens (including phenoxy) is 1. The number of carbonyl (C=O) groups excluding carboxylic acids is 1. The van der Waals surface area contributed by atoms with Crippen molar-refractivity contribution in [2.75, 3.05) is 26.3 Å². The fourth-order valence-electron chi connectivity index (χ4n) is 1.58. The van der Waals surface area contributed by atoms with E-state index in [1.165, 1.54) is 6.07 Å². The molecule has 16 heavy (non-hydrogen) atoms. The minimum absolute atomic E-state index is 0. The second-order valence-electron chi connectivity index (χ2n) is 3.40. The molecule has 0 bridgehead atoms. The number of benzene rings is 1. The number of morpholine rings is 1. The van der Waals surface area contributed by atoms with Gasteiger partial charge in [0.05, 0.1) is 13.2 Å². The standard InChI is InChI=1S/C11H13NO3.Li/c13-10-4-2-1-3-9(10)11(14)12-5-7-15-8-6-12;/h1-4,13H,5-8H2;/q;+1/p-1. The molecule has 0 atom stereocenters. The van der Waals surface area contributed by atoms with Crippen molar-refractivity contribution in [2.24, 2.45) is 0 Å². The van der Waals surface area contributed by atoms with Crippen LogP contribution >= 0.6 is 0 Å². The van der Waals surface area contributed by atoms with Crippen molar-refractivity contribution in [3.63, 3.8) is 0 Å². The number of hydrogen-bond donors (Lipinski definition) is 0. The van der Waals surface area contributed by atoms with Crippen molar-refractivity contribution >= 4 is 5.91 Å². The molecule has 1 amide bonds. The van der Waals surface area contributed by atoms with Crippen LogP contribution < -0.4 is 24.0 Å². The summed E-state index contributed by atoms with van der Waals surface area (Å²) in [6.45, 7) is 2.22. The molecule has 0 N–H and O–H groups in total. The second kappa shape index (κ2) is 5.95. The molecule has 0 spiro atoms. The van der Waals surface area contributed by atoms with E-state index in [2.05, 4.69) is 0 Å². The van der Waals surface area contributed by atoms with Crippen LogP contribution in [0.15, 0.2) is 24.3 Å². The molecule has 0 radical (unpaired) electrons. The molecule has 1 aromatic carbocycles.